The maximum absolute atomic E-state index is 13.8. The number of nitrogens with one attached hydrogen (secondary N) is 1. The molecule has 1 aromatic heterocycles. The number of hydrogen-bond acceptors (Lipinski definition) is 3. The van der Waals surface area contributed by atoms with E-state index in [1.807, 2.05) is 13.0 Å². The quantitative estimate of drug-likeness (QED) is 0.880. The Balaban J connectivity index is 1.40. The molecule has 6 heteroatoms. The zero-order valence-corrected chi connectivity index (χ0v) is 15.9. The van der Waals surface area contributed by atoms with Gasteiger partial charge in [-0.05, 0) is 49.4 Å². The fourth-order valence-corrected chi connectivity index (χ4v) is 3.87. The Hall–Kier alpha value is -2.21. The topological polar surface area (TPSA) is 50.2 Å². The lowest BCUT2D eigenvalue weighted by molar-refractivity contribution is -0.127. The molecule has 0 radical (unpaired) electrons. The van der Waals surface area contributed by atoms with Gasteiger partial charge in [0.05, 0.1) is 17.9 Å². The average Bonchev–Trinajstić information content (AvgIpc) is 2.88. The molecule has 1 aliphatic carbocycles. The highest BCUT2D eigenvalue weighted by Crippen LogP contribution is 2.26. The van der Waals surface area contributed by atoms with E-state index in [0.29, 0.717) is 6.54 Å². The molecule has 1 saturated carbocycles. The minimum Gasteiger partial charge on any atom is -0.350 e. The van der Waals surface area contributed by atoms with Gasteiger partial charge in [0.25, 0.3) is 0 Å². The number of carbonyl (C=O) groups excluding carboxylic acids is 1. The number of halogens is 1. The largest absolute Gasteiger partial charge is 0.350 e. The average molecular weight is 370 g/mol. The Kier molecular flexibility index (Phi) is 5.25. The fraction of sp³-hybridized carbons (Fsp3) is 0.524. The molecule has 1 aliphatic heterocycles. The minimum absolute atomic E-state index is 0.142. The molecular formula is C21H27FN4O. The van der Waals surface area contributed by atoms with Gasteiger partial charge < -0.3 is 5.32 Å². The van der Waals surface area contributed by atoms with E-state index in [-0.39, 0.29) is 17.6 Å². The molecule has 1 N–H and O–H groups in total. The van der Waals surface area contributed by atoms with Crippen LogP contribution in [0.3, 0.4) is 0 Å². The first-order valence-corrected chi connectivity index (χ1v) is 9.90. The number of hydrogen-bond donors (Lipinski definition) is 1. The standard InChI is InChI=1S/C21H27FN4O/c1-15-17(7-3-8-20(15)22)13-25-9-4-10-26-19(14-25)11-18(24-26)12-23-21(27)16-5-2-6-16/h3,7-8,11,16H,2,4-6,9-10,12-14H2,1H3,(H,23,27). The highest BCUT2D eigenvalue weighted by atomic mass is 19.1. The smallest absolute Gasteiger partial charge is 0.223 e. The second kappa shape index (κ2) is 7.80. The molecule has 0 saturated heterocycles. The first-order valence-electron chi connectivity index (χ1n) is 9.90. The van der Waals surface area contributed by atoms with Crippen LogP contribution in [0.25, 0.3) is 0 Å². The first kappa shape index (κ1) is 18.2. The predicted octanol–water partition coefficient (Wildman–Crippen LogP) is 3.15. The molecule has 2 heterocycles. The van der Waals surface area contributed by atoms with Crippen molar-refractivity contribution in [1.29, 1.82) is 0 Å². The summed E-state index contributed by atoms with van der Waals surface area (Å²) in [5, 5.41) is 7.69. The van der Waals surface area contributed by atoms with Crippen LogP contribution in [0.5, 0.6) is 0 Å². The van der Waals surface area contributed by atoms with Gasteiger partial charge in [0.1, 0.15) is 5.82 Å². The Morgan fingerprint density at radius 3 is 2.93 bits per heavy atom. The Morgan fingerprint density at radius 1 is 1.30 bits per heavy atom. The summed E-state index contributed by atoms with van der Waals surface area (Å²) in [6.07, 6.45) is 4.20. The Bertz CT molecular complexity index is 828. The van der Waals surface area contributed by atoms with E-state index >= 15 is 0 Å². The van der Waals surface area contributed by atoms with Crippen LogP contribution >= 0.6 is 0 Å². The van der Waals surface area contributed by atoms with Crippen LogP contribution in [-0.4, -0.2) is 27.1 Å². The summed E-state index contributed by atoms with van der Waals surface area (Å²) in [6.45, 7) is 5.72. The summed E-state index contributed by atoms with van der Waals surface area (Å²) in [5.74, 6) is 0.222. The van der Waals surface area contributed by atoms with Gasteiger partial charge in [-0.2, -0.15) is 5.10 Å². The molecule has 0 bridgehead atoms. The lowest BCUT2D eigenvalue weighted by atomic mass is 9.85. The summed E-state index contributed by atoms with van der Waals surface area (Å²) < 4.78 is 15.9. The molecule has 4 rings (SSSR count). The maximum Gasteiger partial charge on any atom is 0.223 e. The van der Waals surface area contributed by atoms with Crippen molar-refractivity contribution in [3.8, 4) is 0 Å². The zero-order valence-electron chi connectivity index (χ0n) is 15.9. The molecule has 144 valence electrons. The van der Waals surface area contributed by atoms with Gasteiger partial charge in [0, 0.05) is 32.1 Å². The van der Waals surface area contributed by atoms with Crippen molar-refractivity contribution in [2.24, 2.45) is 5.92 Å². The van der Waals surface area contributed by atoms with Gasteiger partial charge in [-0.25, -0.2) is 4.39 Å². The molecule has 5 nitrogen and oxygen atoms in total. The monoisotopic (exact) mass is 370 g/mol. The van der Waals surface area contributed by atoms with Crippen LogP contribution < -0.4 is 5.32 Å². The van der Waals surface area contributed by atoms with Gasteiger partial charge >= 0.3 is 0 Å². The van der Waals surface area contributed by atoms with Crippen molar-refractivity contribution < 1.29 is 9.18 Å². The van der Waals surface area contributed by atoms with E-state index in [1.165, 1.54) is 6.07 Å². The number of carbonyl (C=O) groups is 1. The van der Waals surface area contributed by atoms with Gasteiger partial charge in [0.2, 0.25) is 5.91 Å². The van der Waals surface area contributed by atoms with Crippen molar-refractivity contribution in [2.75, 3.05) is 6.54 Å². The predicted molar refractivity (Wildman–Crippen MR) is 101 cm³/mol. The molecule has 2 aliphatic rings. The number of aromatic nitrogens is 2. The van der Waals surface area contributed by atoms with E-state index < -0.39 is 0 Å². The highest BCUT2D eigenvalue weighted by Gasteiger charge is 2.25. The molecule has 0 atom stereocenters. The number of fused-ring (bicyclic) bond motifs is 1. The Labute approximate surface area is 159 Å². The SMILES string of the molecule is Cc1c(F)cccc1CN1CCCn2nc(CNC(=O)C3CCC3)cc2C1. The molecule has 27 heavy (non-hydrogen) atoms. The zero-order chi connectivity index (χ0) is 18.8. The van der Waals surface area contributed by atoms with E-state index in [0.717, 1.165) is 74.4 Å². The number of benzene rings is 1. The lowest BCUT2D eigenvalue weighted by Gasteiger charge is -2.23. The summed E-state index contributed by atoms with van der Waals surface area (Å²) in [5.41, 5.74) is 3.85. The van der Waals surface area contributed by atoms with Crippen LogP contribution in [0.4, 0.5) is 4.39 Å². The van der Waals surface area contributed by atoms with Crippen LogP contribution in [0.1, 0.15) is 48.2 Å². The number of aryl methyl sites for hydroxylation is 1. The summed E-state index contributed by atoms with van der Waals surface area (Å²) in [6, 6.07) is 7.39. The van der Waals surface area contributed by atoms with Crippen LogP contribution in [0, 0.1) is 18.7 Å². The normalized spacial score (nSPS) is 17.9. The van der Waals surface area contributed by atoms with Crippen molar-refractivity contribution in [1.82, 2.24) is 20.0 Å². The van der Waals surface area contributed by atoms with Gasteiger partial charge in [-0.15, -0.1) is 0 Å². The van der Waals surface area contributed by atoms with Crippen molar-refractivity contribution in [3.05, 3.63) is 52.6 Å². The van der Waals surface area contributed by atoms with Crippen molar-refractivity contribution in [3.63, 3.8) is 0 Å². The van der Waals surface area contributed by atoms with Crippen LogP contribution in [0.15, 0.2) is 24.3 Å². The third kappa shape index (κ3) is 4.05. The second-order valence-electron chi connectivity index (χ2n) is 7.78. The number of amides is 1. The number of rotatable bonds is 5. The van der Waals surface area contributed by atoms with E-state index in [2.05, 4.69) is 26.1 Å². The summed E-state index contributed by atoms with van der Waals surface area (Å²) in [4.78, 5) is 14.4. The van der Waals surface area contributed by atoms with Crippen LogP contribution in [0.2, 0.25) is 0 Å². The molecule has 1 fully saturated rings. The number of nitrogens with zero attached hydrogens (tertiary/aromatic N) is 3. The van der Waals surface area contributed by atoms with Crippen LogP contribution in [-0.2, 0) is 31.0 Å². The summed E-state index contributed by atoms with van der Waals surface area (Å²) in [7, 11) is 0. The molecule has 1 aromatic carbocycles. The Morgan fingerprint density at radius 2 is 2.15 bits per heavy atom. The summed E-state index contributed by atoms with van der Waals surface area (Å²) >= 11 is 0. The van der Waals surface area contributed by atoms with Gasteiger partial charge in [-0.1, -0.05) is 18.6 Å². The molecule has 0 unspecified atom stereocenters. The van der Waals surface area contributed by atoms with Crippen molar-refractivity contribution in [2.45, 2.75) is 58.8 Å². The van der Waals surface area contributed by atoms with Gasteiger partial charge in [-0.3, -0.25) is 14.4 Å². The maximum atomic E-state index is 13.8. The molecule has 0 spiro atoms. The van der Waals surface area contributed by atoms with E-state index in [9.17, 15) is 9.18 Å². The van der Waals surface area contributed by atoms with Gasteiger partial charge in [0.15, 0.2) is 0 Å². The first-order chi connectivity index (χ1) is 13.1. The highest BCUT2D eigenvalue weighted by molar-refractivity contribution is 5.79. The molecule has 1 amide bonds. The third-order valence-corrected chi connectivity index (χ3v) is 5.84. The van der Waals surface area contributed by atoms with Crippen molar-refractivity contribution >= 4 is 5.91 Å². The molecular weight excluding hydrogens is 343 g/mol. The van der Waals surface area contributed by atoms with E-state index in [4.69, 9.17) is 0 Å². The fourth-order valence-electron chi connectivity index (χ4n) is 3.87. The van der Waals surface area contributed by atoms with E-state index in [1.54, 1.807) is 6.07 Å². The third-order valence-electron chi connectivity index (χ3n) is 5.84. The second-order valence-corrected chi connectivity index (χ2v) is 7.78. The lowest BCUT2D eigenvalue weighted by Crippen LogP contribution is -2.34. The molecule has 2 aromatic rings. The minimum atomic E-state index is -0.142.